The van der Waals surface area contributed by atoms with E-state index in [4.69, 9.17) is 0 Å². The average molecular weight is 242 g/mol. The van der Waals surface area contributed by atoms with Gasteiger partial charge in [-0.1, -0.05) is 0 Å². The van der Waals surface area contributed by atoms with Crippen molar-refractivity contribution in [3.8, 4) is 0 Å². The third kappa shape index (κ3) is 1.51. The van der Waals surface area contributed by atoms with E-state index in [0.717, 1.165) is 0 Å². The summed E-state index contributed by atoms with van der Waals surface area (Å²) in [6.45, 7) is 3.44. The summed E-state index contributed by atoms with van der Waals surface area (Å²) in [7, 11) is 0. The lowest BCUT2D eigenvalue weighted by atomic mass is 9.41. The summed E-state index contributed by atoms with van der Waals surface area (Å²) in [6.07, 6.45) is 2.44. The summed E-state index contributed by atoms with van der Waals surface area (Å²) in [5.41, 5.74) is -4.61. The normalized spacial score (nSPS) is 57.5. The number of hydrogen-bond donors (Lipinski definition) is 4. The summed E-state index contributed by atoms with van der Waals surface area (Å²) in [6, 6.07) is 0. The van der Waals surface area contributed by atoms with Gasteiger partial charge >= 0.3 is 0 Å². The first-order valence-corrected chi connectivity index (χ1v) is 6.39. The van der Waals surface area contributed by atoms with Crippen molar-refractivity contribution >= 4 is 0 Å². The molecule has 0 amide bonds. The van der Waals surface area contributed by atoms with E-state index in [1.165, 1.54) is 0 Å². The highest BCUT2D eigenvalue weighted by molar-refractivity contribution is 5.22. The molecular weight excluding hydrogens is 220 g/mol. The third-order valence-electron chi connectivity index (χ3n) is 5.27. The van der Waals surface area contributed by atoms with Gasteiger partial charge in [0.05, 0.1) is 22.4 Å². The van der Waals surface area contributed by atoms with E-state index in [-0.39, 0.29) is 0 Å². The molecule has 0 radical (unpaired) electrons. The molecule has 4 bridgehead atoms. The summed E-state index contributed by atoms with van der Waals surface area (Å²) in [5.74, 6) is 0. The van der Waals surface area contributed by atoms with E-state index in [1.54, 1.807) is 13.8 Å². The van der Waals surface area contributed by atoms with Gasteiger partial charge in [0.25, 0.3) is 0 Å². The molecule has 0 aromatic carbocycles. The monoisotopic (exact) mass is 242 g/mol. The van der Waals surface area contributed by atoms with Crippen LogP contribution >= 0.6 is 0 Å². The third-order valence-corrected chi connectivity index (χ3v) is 5.27. The zero-order valence-corrected chi connectivity index (χ0v) is 10.5. The lowest BCUT2D eigenvalue weighted by Crippen LogP contribution is -2.73. The van der Waals surface area contributed by atoms with Crippen LogP contribution < -0.4 is 0 Å². The fourth-order valence-corrected chi connectivity index (χ4v) is 5.13. The molecule has 4 aliphatic rings. The van der Waals surface area contributed by atoms with Gasteiger partial charge in [0, 0.05) is 24.7 Å². The molecule has 0 atom stereocenters. The molecule has 0 aromatic heterocycles. The maximum absolute atomic E-state index is 10.5. The molecule has 0 aliphatic heterocycles. The average Bonchev–Trinajstić information content (AvgIpc) is 1.89. The Morgan fingerprint density at radius 1 is 0.706 bits per heavy atom. The van der Waals surface area contributed by atoms with Gasteiger partial charge in [-0.15, -0.1) is 0 Å². The molecule has 0 spiro atoms. The molecule has 0 heterocycles. The van der Waals surface area contributed by atoms with Crippen LogP contribution in [-0.4, -0.2) is 42.8 Å². The van der Waals surface area contributed by atoms with Crippen molar-refractivity contribution in [3.63, 3.8) is 0 Å². The molecule has 4 fully saturated rings. The molecule has 0 aromatic rings. The predicted octanol–water partition coefficient (Wildman–Crippen LogP) is 0.318. The van der Waals surface area contributed by atoms with Crippen LogP contribution in [-0.2, 0) is 0 Å². The molecule has 4 N–H and O–H groups in total. The van der Waals surface area contributed by atoms with Crippen molar-refractivity contribution in [1.29, 1.82) is 0 Å². The smallest absolute Gasteiger partial charge is 0.0708 e. The lowest BCUT2D eigenvalue weighted by Gasteiger charge is -2.68. The maximum Gasteiger partial charge on any atom is 0.0708 e. The van der Waals surface area contributed by atoms with E-state index in [2.05, 4.69) is 0 Å². The molecule has 17 heavy (non-hydrogen) atoms. The second kappa shape index (κ2) is 2.72. The number of rotatable bonds is 1. The minimum absolute atomic E-state index is 0.333. The van der Waals surface area contributed by atoms with Gasteiger partial charge in [-0.25, -0.2) is 0 Å². The highest BCUT2D eigenvalue weighted by atomic mass is 16.3. The van der Waals surface area contributed by atoms with E-state index in [9.17, 15) is 20.4 Å². The Bertz CT molecular complexity index is 317. The van der Waals surface area contributed by atoms with E-state index >= 15 is 0 Å². The second-order valence-electron chi connectivity index (χ2n) is 7.57. The fourth-order valence-electron chi connectivity index (χ4n) is 5.13. The van der Waals surface area contributed by atoms with Crippen LogP contribution in [0.5, 0.6) is 0 Å². The van der Waals surface area contributed by atoms with Crippen LogP contribution in [0.4, 0.5) is 0 Å². The van der Waals surface area contributed by atoms with Gasteiger partial charge in [-0.05, 0) is 33.1 Å². The summed E-state index contributed by atoms with van der Waals surface area (Å²) in [4.78, 5) is 0. The summed E-state index contributed by atoms with van der Waals surface area (Å²) >= 11 is 0. The van der Waals surface area contributed by atoms with Gasteiger partial charge in [0.2, 0.25) is 0 Å². The largest absolute Gasteiger partial charge is 0.390 e. The van der Waals surface area contributed by atoms with Gasteiger partial charge in [-0.2, -0.15) is 0 Å². The van der Waals surface area contributed by atoms with E-state index < -0.39 is 27.8 Å². The molecule has 4 saturated carbocycles. The molecule has 4 nitrogen and oxygen atoms in total. The molecule has 4 rings (SSSR count). The highest BCUT2D eigenvalue weighted by Gasteiger charge is 2.70. The molecule has 0 unspecified atom stereocenters. The van der Waals surface area contributed by atoms with Crippen LogP contribution in [0, 0.1) is 5.41 Å². The zero-order valence-electron chi connectivity index (χ0n) is 10.5. The summed E-state index contributed by atoms with van der Waals surface area (Å²) < 4.78 is 0. The first-order valence-electron chi connectivity index (χ1n) is 6.39. The van der Waals surface area contributed by atoms with Crippen LogP contribution in [0.1, 0.15) is 52.4 Å². The Labute approximate surface area is 101 Å². The second-order valence-corrected chi connectivity index (χ2v) is 7.57. The minimum Gasteiger partial charge on any atom is -0.390 e. The Morgan fingerprint density at radius 2 is 1.00 bits per heavy atom. The van der Waals surface area contributed by atoms with Crippen molar-refractivity contribution in [1.82, 2.24) is 0 Å². The number of hydrogen-bond acceptors (Lipinski definition) is 4. The molecule has 98 valence electrons. The quantitative estimate of drug-likeness (QED) is 0.534. The van der Waals surface area contributed by atoms with Crippen molar-refractivity contribution in [2.45, 2.75) is 74.8 Å². The zero-order chi connectivity index (χ0) is 12.7. The van der Waals surface area contributed by atoms with Crippen LogP contribution in [0.25, 0.3) is 0 Å². The summed E-state index contributed by atoms with van der Waals surface area (Å²) in [5, 5.41) is 42.0. The van der Waals surface area contributed by atoms with Crippen molar-refractivity contribution < 1.29 is 20.4 Å². The van der Waals surface area contributed by atoms with E-state index in [0.29, 0.717) is 38.5 Å². The Balaban J connectivity index is 2.10. The Morgan fingerprint density at radius 3 is 1.24 bits per heavy atom. The van der Waals surface area contributed by atoms with Gasteiger partial charge in [0.15, 0.2) is 0 Å². The standard InChI is InChI=1S/C13H22O4/c1-9(2,14)10-3-11(15)6-12(16,4-10)8-13(17,5-10)7-11/h14-17H,3-8H2,1-2H3. The van der Waals surface area contributed by atoms with Crippen LogP contribution in [0.2, 0.25) is 0 Å². The molecule has 4 heteroatoms. The van der Waals surface area contributed by atoms with Crippen molar-refractivity contribution in [2.75, 3.05) is 0 Å². The van der Waals surface area contributed by atoms with Crippen molar-refractivity contribution in [2.24, 2.45) is 5.41 Å². The molecule has 0 saturated heterocycles. The van der Waals surface area contributed by atoms with Gasteiger partial charge in [0.1, 0.15) is 0 Å². The van der Waals surface area contributed by atoms with Gasteiger partial charge in [-0.3, -0.25) is 0 Å². The molecular formula is C13H22O4. The Kier molecular flexibility index (Phi) is 1.90. The highest BCUT2D eigenvalue weighted by Crippen LogP contribution is 2.67. The van der Waals surface area contributed by atoms with Gasteiger partial charge < -0.3 is 20.4 Å². The van der Waals surface area contributed by atoms with Crippen LogP contribution in [0.15, 0.2) is 0 Å². The SMILES string of the molecule is CC(C)(O)C12CC3(O)CC(O)(CC(O)(C3)C1)C2. The first kappa shape index (κ1) is 11.9. The fraction of sp³-hybridized carbons (Fsp3) is 1.00. The maximum atomic E-state index is 10.5. The van der Waals surface area contributed by atoms with Crippen LogP contribution in [0.3, 0.4) is 0 Å². The predicted molar refractivity (Wildman–Crippen MR) is 61.3 cm³/mol. The van der Waals surface area contributed by atoms with E-state index in [1.807, 2.05) is 0 Å². The first-order chi connectivity index (χ1) is 7.49. The minimum atomic E-state index is -1.02. The lowest BCUT2D eigenvalue weighted by molar-refractivity contribution is -0.309. The molecule has 4 aliphatic carbocycles. The Hall–Kier alpha value is -0.160. The number of aliphatic hydroxyl groups is 4. The van der Waals surface area contributed by atoms with Crippen molar-refractivity contribution in [3.05, 3.63) is 0 Å². The topological polar surface area (TPSA) is 80.9 Å².